The number of hydrogen-bond acceptors (Lipinski definition) is 2. The molecule has 0 radical (unpaired) electrons. The average Bonchev–Trinajstić information content (AvgIpc) is 2.38. The number of carbonyl (C=O) groups excluding carboxylic acids is 1. The second-order valence-corrected chi connectivity index (χ2v) is 5.69. The van der Waals surface area contributed by atoms with Gasteiger partial charge in [-0.3, -0.25) is 4.84 Å². The van der Waals surface area contributed by atoms with Crippen LogP contribution in [0.25, 0.3) is 0 Å². The molecule has 0 aromatic heterocycles. The van der Waals surface area contributed by atoms with Crippen molar-refractivity contribution in [3.8, 4) is 0 Å². The summed E-state index contributed by atoms with van der Waals surface area (Å²) in [5, 5.41) is 4.82. The molecule has 5 heteroatoms. The summed E-state index contributed by atoms with van der Waals surface area (Å²) in [6, 6.07) is 7.19. The van der Waals surface area contributed by atoms with Crippen LogP contribution in [-0.2, 0) is 10.4 Å². The number of hydroxylamine groups is 2. The Morgan fingerprint density at radius 2 is 2.15 bits per heavy atom. The molecule has 0 unspecified atom stereocenters. The minimum atomic E-state index is -0.523. The Balaban J connectivity index is 2.63. The fourth-order valence-corrected chi connectivity index (χ4v) is 1.89. The first kappa shape index (κ1) is 16.8. The molecule has 0 saturated carbocycles. The maximum absolute atomic E-state index is 12.1. The van der Waals surface area contributed by atoms with E-state index in [1.807, 2.05) is 38.1 Å². The second kappa shape index (κ2) is 7.50. The van der Waals surface area contributed by atoms with Crippen molar-refractivity contribution < 1.29 is 9.63 Å². The predicted octanol–water partition coefficient (Wildman–Crippen LogP) is 3.95. The van der Waals surface area contributed by atoms with E-state index in [4.69, 9.17) is 16.4 Å². The molecule has 0 aliphatic rings. The van der Waals surface area contributed by atoms with Gasteiger partial charge in [0.15, 0.2) is 0 Å². The lowest BCUT2D eigenvalue weighted by atomic mass is 9.94. The number of nitrogens with one attached hydrogen (secondary N) is 1. The van der Waals surface area contributed by atoms with Crippen LogP contribution in [0.2, 0.25) is 5.02 Å². The van der Waals surface area contributed by atoms with Gasteiger partial charge in [0.25, 0.3) is 0 Å². The first-order valence-corrected chi connectivity index (χ1v) is 7.19. The standard InChI is InChI=1S/C15H23ClN2O2/c1-5-6-10-20-18(4)14(19)17-15(2,3)12-8-7-9-13(16)11-12/h7-9,11H,5-6,10H2,1-4H3,(H,17,19). The Labute approximate surface area is 126 Å². The Morgan fingerprint density at radius 1 is 1.45 bits per heavy atom. The number of urea groups is 1. The molecular weight excluding hydrogens is 276 g/mol. The third kappa shape index (κ3) is 5.02. The highest BCUT2D eigenvalue weighted by Gasteiger charge is 2.25. The van der Waals surface area contributed by atoms with Crippen molar-refractivity contribution in [2.24, 2.45) is 0 Å². The van der Waals surface area contributed by atoms with E-state index >= 15 is 0 Å². The van der Waals surface area contributed by atoms with Gasteiger partial charge in [-0.2, -0.15) is 0 Å². The van der Waals surface area contributed by atoms with Crippen molar-refractivity contribution in [3.05, 3.63) is 34.9 Å². The van der Waals surface area contributed by atoms with Crippen LogP contribution in [-0.4, -0.2) is 24.7 Å². The van der Waals surface area contributed by atoms with Gasteiger partial charge >= 0.3 is 6.03 Å². The Morgan fingerprint density at radius 3 is 2.75 bits per heavy atom. The van der Waals surface area contributed by atoms with Crippen molar-refractivity contribution in [2.45, 2.75) is 39.2 Å². The van der Waals surface area contributed by atoms with E-state index in [0.29, 0.717) is 11.6 Å². The Bertz CT molecular complexity index is 449. The fraction of sp³-hybridized carbons (Fsp3) is 0.533. The highest BCUT2D eigenvalue weighted by molar-refractivity contribution is 6.30. The van der Waals surface area contributed by atoms with Crippen LogP contribution >= 0.6 is 11.6 Å². The first-order chi connectivity index (χ1) is 9.36. The van der Waals surface area contributed by atoms with E-state index < -0.39 is 5.54 Å². The normalized spacial score (nSPS) is 11.2. The molecule has 1 aromatic rings. The predicted molar refractivity (Wildman–Crippen MR) is 81.6 cm³/mol. The monoisotopic (exact) mass is 298 g/mol. The summed E-state index contributed by atoms with van der Waals surface area (Å²) in [5.74, 6) is 0. The minimum Gasteiger partial charge on any atom is -0.327 e. The van der Waals surface area contributed by atoms with Crippen LogP contribution in [0, 0.1) is 0 Å². The van der Waals surface area contributed by atoms with Gasteiger partial charge in [0.1, 0.15) is 0 Å². The van der Waals surface area contributed by atoms with Crippen LogP contribution in [0.1, 0.15) is 39.2 Å². The smallest absolute Gasteiger partial charge is 0.327 e. The van der Waals surface area contributed by atoms with Gasteiger partial charge in [0, 0.05) is 12.1 Å². The third-order valence-corrected chi connectivity index (χ3v) is 3.27. The molecule has 2 amide bonds. The molecule has 0 aliphatic heterocycles. The molecule has 0 saturated heterocycles. The number of unbranched alkanes of at least 4 members (excludes halogenated alkanes) is 1. The zero-order chi connectivity index (χ0) is 15.2. The van der Waals surface area contributed by atoms with Crippen molar-refractivity contribution in [1.82, 2.24) is 10.4 Å². The van der Waals surface area contributed by atoms with E-state index in [1.54, 1.807) is 7.05 Å². The largest absolute Gasteiger partial charge is 0.341 e. The zero-order valence-corrected chi connectivity index (χ0v) is 13.3. The lowest BCUT2D eigenvalue weighted by Gasteiger charge is -2.29. The molecular formula is C15H23ClN2O2. The highest BCUT2D eigenvalue weighted by atomic mass is 35.5. The summed E-state index contributed by atoms with van der Waals surface area (Å²) in [5.41, 5.74) is 0.421. The van der Waals surface area contributed by atoms with Crippen molar-refractivity contribution in [1.29, 1.82) is 0 Å². The van der Waals surface area contributed by atoms with Crippen LogP contribution in [0.5, 0.6) is 0 Å². The number of carbonyl (C=O) groups is 1. The van der Waals surface area contributed by atoms with Crippen molar-refractivity contribution >= 4 is 17.6 Å². The molecule has 20 heavy (non-hydrogen) atoms. The second-order valence-electron chi connectivity index (χ2n) is 5.25. The van der Waals surface area contributed by atoms with E-state index in [2.05, 4.69) is 12.2 Å². The van der Waals surface area contributed by atoms with Gasteiger partial charge in [-0.15, -0.1) is 0 Å². The quantitative estimate of drug-likeness (QED) is 0.638. The zero-order valence-electron chi connectivity index (χ0n) is 12.6. The molecule has 0 atom stereocenters. The van der Waals surface area contributed by atoms with Crippen molar-refractivity contribution in [3.63, 3.8) is 0 Å². The summed E-state index contributed by atoms with van der Waals surface area (Å²) in [6.45, 7) is 6.47. The van der Waals surface area contributed by atoms with Crippen LogP contribution < -0.4 is 5.32 Å². The van der Waals surface area contributed by atoms with Gasteiger partial charge < -0.3 is 5.32 Å². The number of halogens is 1. The SMILES string of the molecule is CCCCON(C)C(=O)NC(C)(C)c1cccc(Cl)c1. The molecule has 1 N–H and O–H groups in total. The molecule has 0 spiro atoms. The number of amides is 2. The van der Waals surface area contributed by atoms with Gasteiger partial charge in [0.2, 0.25) is 0 Å². The molecule has 4 nitrogen and oxygen atoms in total. The topological polar surface area (TPSA) is 41.6 Å². The third-order valence-electron chi connectivity index (χ3n) is 3.03. The first-order valence-electron chi connectivity index (χ1n) is 6.81. The van der Waals surface area contributed by atoms with Gasteiger partial charge in [-0.05, 0) is 38.0 Å². The summed E-state index contributed by atoms with van der Waals surface area (Å²) >= 11 is 5.99. The van der Waals surface area contributed by atoms with E-state index in [9.17, 15) is 4.79 Å². The molecule has 1 aromatic carbocycles. The van der Waals surface area contributed by atoms with Crippen LogP contribution in [0.4, 0.5) is 4.79 Å². The molecule has 0 aliphatic carbocycles. The Kier molecular flexibility index (Phi) is 6.30. The molecule has 0 fully saturated rings. The molecule has 0 heterocycles. The molecule has 0 bridgehead atoms. The van der Waals surface area contributed by atoms with Crippen LogP contribution in [0.15, 0.2) is 24.3 Å². The number of benzene rings is 1. The fourth-order valence-electron chi connectivity index (χ4n) is 1.70. The maximum Gasteiger partial charge on any atom is 0.341 e. The van der Waals surface area contributed by atoms with Gasteiger partial charge in [0.05, 0.1) is 12.1 Å². The summed E-state index contributed by atoms with van der Waals surface area (Å²) in [7, 11) is 1.61. The number of hydrogen-bond donors (Lipinski definition) is 1. The van der Waals surface area contributed by atoms with E-state index in [1.165, 1.54) is 5.06 Å². The van der Waals surface area contributed by atoms with Crippen molar-refractivity contribution in [2.75, 3.05) is 13.7 Å². The lowest BCUT2D eigenvalue weighted by molar-refractivity contribution is -0.100. The number of rotatable bonds is 6. The van der Waals surface area contributed by atoms with E-state index in [0.717, 1.165) is 18.4 Å². The average molecular weight is 299 g/mol. The summed E-state index contributed by atoms with van der Waals surface area (Å²) in [6.07, 6.45) is 1.96. The number of nitrogens with zero attached hydrogens (tertiary/aromatic N) is 1. The summed E-state index contributed by atoms with van der Waals surface area (Å²) in [4.78, 5) is 17.4. The van der Waals surface area contributed by atoms with Gasteiger partial charge in [-0.1, -0.05) is 37.1 Å². The summed E-state index contributed by atoms with van der Waals surface area (Å²) < 4.78 is 0. The van der Waals surface area contributed by atoms with Gasteiger partial charge in [-0.25, -0.2) is 9.86 Å². The molecule has 112 valence electrons. The van der Waals surface area contributed by atoms with Crippen LogP contribution in [0.3, 0.4) is 0 Å². The maximum atomic E-state index is 12.1. The highest BCUT2D eigenvalue weighted by Crippen LogP contribution is 2.23. The van der Waals surface area contributed by atoms with E-state index in [-0.39, 0.29) is 6.03 Å². The molecule has 1 rings (SSSR count). The minimum absolute atomic E-state index is 0.272. The Hall–Kier alpha value is -1.26. The lowest BCUT2D eigenvalue weighted by Crippen LogP contribution is -2.47.